The molecule has 0 fully saturated rings. The van der Waals surface area contributed by atoms with Gasteiger partial charge in [0.25, 0.3) is 0 Å². The van der Waals surface area contributed by atoms with Crippen molar-refractivity contribution >= 4 is 21.9 Å². The number of hydrogen-bond acceptors (Lipinski definition) is 2. The molecule has 70 valence electrons. The maximum Gasteiger partial charge on any atom is 0.155 e. The number of hydrogen-bond donors (Lipinski definition) is 2. The Morgan fingerprint density at radius 2 is 2.15 bits per heavy atom. The standard InChI is InChI=1S/C9H13N3S/c1-6-8-4-7(13(2)3)5-10-9(8)12-11-6/h4-5,13H,1-3H3,(H,10,11,12). The first-order valence-corrected chi connectivity index (χ1v) is 6.40. The average Bonchev–Trinajstić information content (AvgIpc) is 2.47. The lowest BCUT2D eigenvalue weighted by Crippen LogP contribution is -1.82. The fourth-order valence-corrected chi connectivity index (χ4v) is 1.94. The Hall–Kier alpha value is -1.03. The highest BCUT2D eigenvalue weighted by Gasteiger charge is 2.04. The second-order valence-electron chi connectivity index (χ2n) is 3.29. The molecule has 0 aliphatic carbocycles. The van der Waals surface area contributed by atoms with Crippen LogP contribution < -0.4 is 0 Å². The van der Waals surface area contributed by atoms with Crippen LogP contribution in [0.1, 0.15) is 5.69 Å². The van der Waals surface area contributed by atoms with E-state index < -0.39 is 0 Å². The number of pyridine rings is 1. The van der Waals surface area contributed by atoms with Crippen LogP contribution in [0.4, 0.5) is 0 Å². The van der Waals surface area contributed by atoms with Gasteiger partial charge in [0.2, 0.25) is 0 Å². The monoisotopic (exact) mass is 195 g/mol. The first-order chi connectivity index (χ1) is 6.18. The lowest BCUT2D eigenvalue weighted by molar-refractivity contribution is 1.05. The number of H-pyrrole nitrogens is 1. The summed E-state index contributed by atoms with van der Waals surface area (Å²) < 4.78 is 0. The largest absolute Gasteiger partial charge is 0.261 e. The van der Waals surface area contributed by atoms with Gasteiger partial charge < -0.3 is 0 Å². The smallest absolute Gasteiger partial charge is 0.155 e. The number of aromatic amines is 1. The molecular weight excluding hydrogens is 182 g/mol. The number of aryl methyl sites for hydroxylation is 1. The van der Waals surface area contributed by atoms with E-state index in [0.29, 0.717) is 0 Å². The number of rotatable bonds is 1. The summed E-state index contributed by atoms with van der Waals surface area (Å²) in [4.78, 5) is 5.65. The van der Waals surface area contributed by atoms with Crippen molar-refractivity contribution in [1.29, 1.82) is 0 Å². The number of nitrogens with zero attached hydrogens (tertiary/aromatic N) is 2. The van der Waals surface area contributed by atoms with Crippen LogP contribution in [0.2, 0.25) is 0 Å². The highest BCUT2D eigenvalue weighted by molar-refractivity contribution is 8.15. The van der Waals surface area contributed by atoms with Gasteiger partial charge in [-0.05, 0) is 25.5 Å². The van der Waals surface area contributed by atoms with E-state index >= 15 is 0 Å². The van der Waals surface area contributed by atoms with Crippen molar-refractivity contribution in [2.24, 2.45) is 0 Å². The SMILES string of the molecule is Cc1n[nH]c2ncc([SH](C)C)cc12. The quantitative estimate of drug-likeness (QED) is 0.682. The van der Waals surface area contributed by atoms with Gasteiger partial charge in [-0.1, -0.05) is 0 Å². The first kappa shape index (κ1) is 8.56. The highest BCUT2D eigenvalue weighted by Crippen LogP contribution is 2.29. The van der Waals surface area contributed by atoms with Crippen molar-refractivity contribution in [3.05, 3.63) is 18.0 Å². The topological polar surface area (TPSA) is 41.6 Å². The Morgan fingerprint density at radius 3 is 2.85 bits per heavy atom. The summed E-state index contributed by atoms with van der Waals surface area (Å²) in [6.45, 7) is 2.00. The highest BCUT2D eigenvalue weighted by atomic mass is 32.2. The van der Waals surface area contributed by atoms with Gasteiger partial charge in [-0.2, -0.15) is 5.10 Å². The van der Waals surface area contributed by atoms with Crippen LogP contribution in [0.3, 0.4) is 0 Å². The molecule has 0 bridgehead atoms. The predicted molar refractivity (Wildman–Crippen MR) is 57.7 cm³/mol. The zero-order chi connectivity index (χ0) is 9.42. The number of aromatic nitrogens is 3. The van der Waals surface area contributed by atoms with Crippen molar-refractivity contribution in [1.82, 2.24) is 15.2 Å². The molecule has 0 amide bonds. The fraction of sp³-hybridized carbons (Fsp3) is 0.333. The van der Waals surface area contributed by atoms with Gasteiger partial charge in [-0.3, -0.25) is 5.10 Å². The molecule has 2 heterocycles. The van der Waals surface area contributed by atoms with Gasteiger partial charge in [0.05, 0.1) is 5.69 Å². The Balaban J connectivity index is 2.66. The molecule has 0 unspecified atom stereocenters. The normalized spacial score (nSPS) is 12.1. The fourth-order valence-electron chi connectivity index (χ4n) is 1.26. The minimum Gasteiger partial charge on any atom is -0.261 e. The third-order valence-corrected chi connectivity index (χ3v) is 3.39. The Bertz CT molecular complexity index is 433. The molecule has 2 rings (SSSR count). The van der Waals surface area contributed by atoms with E-state index in [1.807, 2.05) is 13.1 Å². The van der Waals surface area contributed by atoms with Crippen LogP contribution in [-0.2, 0) is 0 Å². The molecule has 0 atom stereocenters. The molecule has 0 radical (unpaired) electrons. The van der Waals surface area contributed by atoms with Crippen LogP contribution in [0.15, 0.2) is 17.2 Å². The number of thiol groups is 1. The summed E-state index contributed by atoms with van der Waals surface area (Å²) in [5, 5.41) is 8.16. The van der Waals surface area contributed by atoms with E-state index in [9.17, 15) is 0 Å². The molecule has 0 aromatic carbocycles. The summed E-state index contributed by atoms with van der Waals surface area (Å²) in [5.41, 5.74) is 1.92. The van der Waals surface area contributed by atoms with E-state index in [1.54, 1.807) is 0 Å². The van der Waals surface area contributed by atoms with Crippen LogP contribution in [0.5, 0.6) is 0 Å². The van der Waals surface area contributed by atoms with Crippen molar-refractivity contribution < 1.29 is 0 Å². The van der Waals surface area contributed by atoms with E-state index in [2.05, 4.69) is 33.8 Å². The summed E-state index contributed by atoms with van der Waals surface area (Å²) in [7, 11) is -0.0664. The molecule has 0 spiro atoms. The Labute approximate surface area is 79.9 Å². The molecule has 0 saturated carbocycles. The van der Waals surface area contributed by atoms with Crippen molar-refractivity contribution in [3.8, 4) is 0 Å². The molecule has 3 nitrogen and oxygen atoms in total. The predicted octanol–water partition coefficient (Wildman–Crippen LogP) is 1.89. The van der Waals surface area contributed by atoms with E-state index in [1.165, 1.54) is 4.90 Å². The number of fused-ring (bicyclic) bond motifs is 1. The third-order valence-electron chi connectivity index (χ3n) is 2.11. The van der Waals surface area contributed by atoms with E-state index in [-0.39, 0.29) is 10.9 Å². The van der Waals surface area contributed by atoms with Crippen LogP contribution in [0.25, 0.3) is 11.0 Å². The minimum atomic E-state index is -0.0664. The molecule has 1 N–H and O–H groups in total. The van der Waals surface area contributed by atoms with E-state index in [4.69, 9.17) is 0 Å². The molecular formula is C9H13N3S. The molecule has 0 aliphatic rings. The van der Waals surface area contributed by atoms with Gasteiger partial charge in [0.1, 0.15) is 0 Å². The average molecular weight is 195 g/mol. The van der Waals surface area contributed by atoms with Gasteiger partial charge in [-0.15, -0.1) is 0 Å². The van der Waals surface area contributed by atoms with Crippen molar-refractivity contribution in [3.63, 3.8) is 0 Å². The number of nitrogens with one attached hydrogen (secondary N) is 1. The summed E-state index contributed by atoms with van der Waals surface area (Å²) in [6.07, 6.45) is 6.40. The second kappa shape index (κ2) is 3.03. The molecule has 0 saturated heterocycles. The zero-order valence-corrected chi connectivity index (χ0v) is 8.89. The zero-order valence-electron chi connectivity index (χ0n) is 8.00. The summed E-state index contributed by atoms with van der Waals surface area (Å²) in [6, 6.07) is 2.19. The van der Waals surface area contributed by atoms with E-state index in [0.717, 1.165) is 16.7 Å². The van der Waals surface area contributed by atoms with Gasteiger partial charge in [0.15, 0.2) is 5.65 Å². The summed E-state index contributed by atoms with van der Waals surface area (Å²) >= 11 is 0. The first-order valence-electron chi connectivity index (χ1n) is 4.16. The maximum absolute atomic E-state index is 4.32. The lowest BCUT2D eigenvalue weighted by Gasteiger charge is -2.07. The van der Waals surface area contributed by atoms with Gasteiger partial charge in [0, 0.05) is 16.5 Å². The van der Waals surface area contributed by atoms with Crippen LogP contribution in [0, 0.1) is 6.92 Å². The molecule has 4 heteroatoms. The summed E-state index contributed by atoms with van der Waals surface area (Å²) in [5.74, 6) is 0. The lowest BCUT2D eigenvalue weighted by atomic mass is 10.3. The molecule has 0 aliphatic heterocycles. The van der Waals surface area contributed by atoms with Crippen LogP contribution in [-0.4, -0.2) is 27.7 Å². The second-order valence-corrected chi connectivity index (χ2v) is 5.60. The molecule has 2 aromatic heterocycles. The Kier molecular flexibility index (Phi) is 2.00. The van der Waals surface area contributed by atoms with Crippen molar-refractivity contribution in [2.75, 3.05) is 12.5 Å². The minimum absolute atomic E-state index is 0.0664. The maximum atomic E-state index is 4.32. The van der Waals surface area contributed by atoms with Crippen LogP contribution >= 0.6 is 10.9 Å². The molecule has 13 heavy (non-hydrogen) atoms. The third kappa shape index (κ3) is 1.42. The van der Waals surface area contributed by atoms with Gasteiger partial charge in [-0.25, -0.2) is 15.9 Å². The Morgan fingerprint density at radius 1 is 1.38 bits per heavy atom. The molecule has 2 aromatic rings. The van der Waals surface area contributed by atoms with Gasteiger partial charge >= 0.3 is 0 Å². The van der Waals surface area contributed by atoms with Crippen molar-refractivity contribution in [2.45, 2.75) is 11.8 Å².